The fourth-order valence-corrected chi connectivity index (χ4v) is 3.37. The predicted molar refractivity (Wildman–Crippen MR) is 135 cm³/mol. The highest BCUT2D eigenvalue weighted by Crippen LogP contribution is 2.28. The van der Waals surface area contributed by atoms with Gasteiger partial charge in [-0.05, 0) is 59.9 Å². The number of nitrogens with one attached hydrogen (secondary N) is 2. The molecule has 0 bridgehead atoms. The molecule has 5 nitrogen and oxygen atoms in total. The van der Waals surface area contributed by atoms with Crippen LogP contribution in [0.5, 0.6) is 0 Å². The highest BCUT2D eigenvalue weighted by molar-refractivity contribution is 6.02. The molecule has 0 atom stereocenters. The average molecular weight is 453 g/mol. The maximum atomic E-state index is 12.6. The minimum absolute atomic E-state index is 0.234. The van der Waals surface area contributed by atoms with Crippen LogP contribution in [0, 0.1) is 23.2 Å². The fourth-order valence-electron chi connectivity index (χ4n) is 3.37. The van der Waals surface area contributed by atoms with Gasteiger partial charge in [0.2, 0.25) is 0 Å². The molecule has 172 valence electrons. The average Bonchev–Trinajstić information content (AvgIpc) is 2.85. The van der Waals surface area contributed by atoms with E-state index in [2.05, 4.69) is 17.2 Å². The van der Waals surface area contributed by atoms with Gasteiger partial charge >= 0.3 is 5.97 Å². The number of methoxy groups -OCH3 is 1. The van der Waals surface area contributed by atoms with Gasteiger partial charge in [0, 0.05) is 28.9 Å². The molecule has 0 saturated carbocycles. The molecule has 1 amide bonds. The van der Waals surface area contributed by atoms with E-state index in [4.69, 9.17) is 10.1 Å². The predicted octanol–water partition coefficient (Wildman–Crippen LogP) is 5.31. The summed E-state index contributed by atoms with van der Waals surface area (Å²) in [7, 11) is 1.32. The molecule has 0 aromatic heterocycles. The topological polar surface area (TPSA) is 79.2 Å². The van der Waals surface area contributed by atoms with E-state index in [-0.39, 0.29) is 5.91 Å². The second kappa shape index (κ2) is 11.1. The third-order valence-corrected chi connectivity index (χ3v) is 5.23. The molecule has 2 N–H and O–H groups in total. The molecule has 0 fully saturated rings. The third kappa shape index (κ3) is 5.99. The summed E-state index contributed by atoms with van der Waals surface area (Å²) in [5.41, 5.74) is 5.05. The molecule has 0 unspecified atom stereocenters. The van der Waals surface area contributed by atoms with E-state index in [1.807, 2.05) is 62.4 Å². The van der Waals surface area contributed by atoms with Crippen molar-refractivity contribution in [3.05, 3.63) is 94.5 Å². The number of esters is 1. The van der Waals surface area contributed by atoms with Crippen molar-refractivity contribution in [3.8, 4) is 23.0 Å². The second-order valence-electron chi connectivity index (χ2n) is 8.35. The first-order chi connectivity index (χ1) is 16.3. The Morgan fingerprint density at radius 2 is 1.62 bits per heavy atom. The van der Waals surface area contributed by atoms with Crippen LogP contribution in [0.4, 0.5) is 0 Å². The van der Waals surface area contributed by atoms with Crippen LogP contribution in [0.1, 0.15) is 58.2 Å². The zero-order chi connectivity index (χ0) is 24.7. The number of hydrogen-bond acceptors (Lipinski definition) is 4. The van der Waals surface area contributed by atoms with Gasteiger partial charge in [-0.1, -0.05) is 62.1 Å². The lowest BCUT2D eigenvalue weighted by atomic mass is 9.93. The largest absolute Gasteiger partial charge is 0.465 e. The van der Waals surface area contributed by atoms with Crippen molar-refractivity contribution < 1.29 is 14.3 Å². The molecule has 5 heteroatoms. The number of ether oxygens (including phenoxy) is 1. The van der Waals surface area contributed by atoms with Crippen LogP contribution in [-0.2, 0) is 4.74 Å². The van der Waals surface area contributed by atoms with E-state index in [1.54, 1.807) is 25.1 Å². The SMILES string of the molecule is COC(=O)c1cc(C(=O)NCC(C)C)ccc1-c1ccccc1C#Cc1ccc(C(C)=N)cc1. The van der Waals surface area contributed by atoms with Gasteiger partial charge in [0.15, 0.2) is 0 Å². The highest BCUT2D eigenvalue weighted by atomic mass is 16.5. The fraction of sp³-hybridized carbons (Fsp3) is 0.207. The lowest BCUT2D eigenvalue weighted by Crippen LogP contribution is -2.27. The Bertz CT molecular complexity index is 1280. The minimum Gasteiger partial charge on any atom is -0.465 e. The summed E-state index contributed by atoms with van der Waals surface area (Å²) < 4.78 is 5.01. The van der Waals surface area contributed by atoms with Crippen molar-refractivity contribution in [2.45, 2.75) is 20.8 Å². The van der Waals surface area contributed by atoms with Crippen molar-refractivity contribution in [1.29, 1.82) is 5.41 Å². The molecule has 0 spiro atoms. The standard InChI is InChI=1S/C29H28N2O3/c1-19(2)18-31-28(32)24-15-16-26(27(17-24)29(33)34-4)25-8-6-5-7-23(25)14-11-21-9-12-22(13-10-21)20(3)30/h5-10,12-13,15-17,19,30H,18H2,1-4H3,(H,31,32). The summed E-state index contributed by atoms with van der Waals surface area (Å²) >= 11 is 0. The van der Waals surface area contributed by atoms with Gasteiger partial charge < -0.3 is 15.5 Å². The molecule has 3 aromatic carbocycles. The maximum Gasteiger partial charge on any atom is 0.338 e. The van der Waals surface area contributed by atoms with Gasteiger partial charge in [-0.2, -0.15) is 0 Å². The number of carbonyl (C=O) groups is 2. The summed E-state index contributed by atoms with van der Waals surface area (Å²) in [6, 6.07) is 20.1. The maximum absolute atomic E-state index is 12.6. The normalized spacial score (nSPS) is 10.3. The Hall–Kier alpha value is -4.17. The second-order valence-corrected chi connectivity index (χ2v) is 8.35. The Kier molecular flexibility index (Phi) is 8.00. The number of amides is 1. The van der Waals surface area contributed by atoms with Crippen LogP contribution in [0.2, 0.25) is 0 Å². The lowest BCUT2D eigenvalue weighted by Gasteiger charge is -2.13. The highest BCUT2D eigenvalue weighted by Gasteiger charge is 2.18. The summed E-state index contributed by atoms with van der Waals surface area (Å²) in [5.74, 6) is 5.92. The van der Waals surface area contributed by atoms with E-state index < -0.39 is 5.97 Å². The minimum atomic E-state index is -0.520. The number of benzene rings is 3. The number of rotatable bonds is 6. The summed E-state index contributed by atoms with van der Waals surface area (Å²) in [5, 5.41) is 10.6. The lowest BCUT2D eigenvalue weighted by molar-refractivity contribution is 0.0601. The molecule has 34 heavy (non-hydrogen) atoms. The summed E-state index contributed by atoms with van der Waals surface area (Å²) in [4.78, 5) is 25.2. The van der Waals surface area contributed by atoms with E-state index in [0.29, 0.717) is 34.9 Å². The Morgan fingerprint density at radius 1 is 0.941 bits per heavy atom. The molecule has 3 aromatic rings. The van der Waals surface area contributed by atoms with Gasteiger partial charge in [0.1, 0.15) is 0 Å². The van der Waals surface area contributed by atoms with Crippen LogP contribution < -0.4 is 5.32 Å². The molecule has 0 saturated heterocycles. The molecule has 0 aliphatic carbocycles. The first-order valence-corrected chi connectivity index (χ1v) is 11.1. The van der Waals surface area contributed by atoms with Crippen molar-refractivity contribution >= 4 is 17.6 Å². The molecule has 3 rings (SSSR count). The van der Waals surface area contributed by atoms with Crippen molar-refractivity contribution in [3.63, 3.8) is 0 Å². The molecular formula is C29H28N2O3. The van der Waals surface area contributed by atoms with Gasteiger partial charge in [0.05, 0.1) is 12.7 Å². The monoisotopic (exact) mass is 452 g/mol. The van der Waals surface area contributed by atoms with Crippen LogP contribution in [0.25, 0.3) is 11.1 Å². The van der Waals surface area contributed by atoms with Gasteiger partial charge in [0.25, 0.3) is 5.91 Å². The molecule has 0 heterocycles. The van der Waals surface area contributed by atoms with Crippen LogP contribution >= 0.6 is 0 Å². The Labute approximate surface area is 200 Å². The number of hydrogen-bond donors (Lipinski definition) is 2. The molecule has 0 aliphatic rings. The van der Waals surface area contributed by atoms with Crippen molar-refractivity contribution in [1.82, 2.24) is 5.32 Å². The Balaban J connectivity index is 2.01. The van der Waals surface area contributed by atoms with Crippen LogP contribution in [-0.4, -0.2) is 31.2 Å². The summed E-state index contributed by atoms with van der Waals surface area (Å²) in [6.07, 6.45) is 0. The first kappa shape index (κ1) is 24.5. The van der Waals surface area contributed by atoms with Gasteiger partial charge in [-0.15, -0.1) is 0 Å². The Morgan fingerprint density at radius 3 is 2.26 bits per heavy atom. The smallest absolute Gasteiger partial charge is 0.338 e. The third-order valence-electron chi connectivity index (χ3n) is 5.23. The zero-order valence-corrected chi connectivity index (χ0v) is 19.9. The first-order valence-electron chi connectivity index (χ1n) is 11.1. The molecule has 0 radical (unpaired) electrons. The van der Waals surface area contributed by atoms with E-state index in [1.165, 1.54) is 7.11 Å². The summed E-state index contributed by atoms with van der Waals surface area (Å²) in [6.45, 7) is 6.33. The number of carbonyl (C=O) groups excluding carboxylic acids is 2. The zero-order valence-electron chi connectivity index (χ0n) is 19.9. The quantitative estimate of drug-likeness (QED) is 0.302. The van der Waals surface area contributed by atoms with E-state index in [9.17, 15) is 9.59 Å². The van der Waals surface area contributed by atoms with Crippen LogP contribution in [0.15, 0.2) is 66.7 Å². The molecular weight excluding hydrogens is 424 g/mol. The molecule has 0 aliphatic heterocycles. The van der Waals surface area contributed by atoms with Crippen LogP contribution in [0.3, 0.4) is 0 Å². The van der Waals surface area contributed by atoms with Crippen molar-refractivity contribution in [2.75, 3.05) is 13.7 Å². The van der Waals surface area contributed by atoms with Gasteiger partial charge in [-0.25, -0.2) is 4.79 Å². The van der Waals surface area contributed by atoms with E-state index in [0.717, 1.165) is 22.3 Å². The van der Waals surface area contributed by atoms with Crippen molar-refractivity contribution in [2.24, 2.45) is 5.92 Å². The van der Waals surface area contributed by atoms with Gasteiger partial charge in [-0.3, -0.25) is 4.79 Å². The van der Waals surface area contributed by atoms with E-state index >= 15 is 0 Å².